The third-order valence-corrected chi connectivity index (χ3v) is 6.28. The number of amides is 2. The molecule has 27 heavy (non-hydrogen) atoms. The van der Waals surface area contributed by atoms with Gasteiger partial charge in [-0.15, -0.1) is 11.8 Å². The van der Waals surface area contributed by atoms with E-state index in [2.05, 4.69) is 24.1 Å². The molecular weight excluding hydrogens is 358 g/mol. The van der Waals surface area contributed by atoms with Gasteiger partial charge in [0.1, 0.15) is 6.04 Å². The second-order valence-corrected chi connectivity index (χ2v) is 8.94. The summed E-state index contributed by atoms with van der Waals surface area (Å²) in [5.74, 6) is 1.74. The zero-order valence-electron chi connectivity index (χ0n) is 16.4. The lowest BCUT2D eigenvalue weighted by atomic mass is 10.1. The minimum absolute atomic E-state index is 0.0281. The number of rotatable bonds is 7. The average molecular weight is 390 g/mol. The summed E-state index contributed by atoms with van der Waals surface area (Å²) >= 11 is 1.64. The van der Waals surface area contributed by atoms with E-state index < -0.39 is 0 Å². The zero-order chi connectivity index (χ0) is 19.2. The van der Waals surface area contributed by atoms with E-state index in [1.807, 2.05) is 24.3 Å². The second kappa shape index (κ2) is 9.60. The van der Waals surface area contributed by atoms with Gasteiger partial charge in [0.15, 0.2) is 0 Å². The molecule has 148 valence electrons. The fraction of sp³-hybridized carbons (Fsp3) is 0.619. The molecule has 1 atom stereocenters. The van der Waals surface area contributed by atoms with Crippen molar-refractivity contribution in [3.63, 3.8) is 0 Å². The van der Waals surface area contributed by atoms with Crippen LogP contribution >= 0.6 is 11.8 Å². The largest absolute Gasteiger partial charge is 0.354 e. The van der Waals surface area contributed by atoms with Crippen LogP contribution in [0.15, 0.2) is 24.3 Å². The number of nitrogens with zero attached hydrogens (tertiary/aromatic N) is 2. The van der Waals surface area contributed by atoms with Crippen molar-refractivity contribution in [2.45, 2.75) is 45.7 Å². The maximum atomic E-state index is 12.9. The standard InChI is InChI=1S/C21H31N3O2S/c1-16(2)9-10-22-20(25)19-14-27-15-24(19)21(26)18-7-5-17(6-8-18)13-23-11-3-4-12-23/h5-8,16,19H,3-4,9-15H2,1-2H3,(H,22,25)/t19-/m1/s1. The van der Waals surface area contributed by atoms with Crippen molar-refractivity contribution in [3.8, 4) is 0 Å². The molecule has 1 aromatic carbocycles. The van der Waals surface area contributed by atoms with Crippen LogP contribution in [0, 0.1) is 5.92 Å². The Morgan fingerprint density at radius 3 is 2.56 bits per heavy atom. The first-order valence-electron chi connectivity index (χ1n) is 10.0. The molecule has 0 aromatic heterocycles. The zero-order valence-corrected chi connectivity index (χ0v) is 17.3. The van der Waals surface area contributed by atoms with Crippen molar-refractivity contribution in [2.75, 3.05) is 31.3 Å². The van der Waals surface area contributed by atoms with Crippen molar-refractivity contribution in [1.82, 2.24) is 15.1 Å². The molecule has 6 heteroatoms. The Hall–Kier alpha value is -1.53. The molecule has 2 aliphatic heterocycles. The summed E-state index contributed by atoms with van der Waals surface area (Å²) < 4.78 is 0. The highest BCUT2D eigenvalue weighted by molar-refractivity contribution is 7.99. The third kappa shape index (κ3) is 5.48. The smallest absolute Gasteiger partial charge is 0.255 e. The van der Waals surface area contributed by atoms with Crippen LogP contribution in [0.2, 0.25) is 0 Å². The average Bonchev–Trinajstić information content (AvgIpc) is 3.33. The van der Waals surface area contributed by atoms with E-state index in [-0.39, 0.29) is 17.9 Å². The summed E-state index contributed by atoms with van der Waals surface area (Å²) in [6.45, 7) is 8.24. The van der Waals surface area contributed by atoms with E-state index >= 15 is 0 Å². The number of hydrogen-bond acceptors (Lipinski definition) is 4. The maximum Gasteiger partial charge on any atom is 0.255 e. The van der Waals surface area contributed by atoms with Crippen molar-refractivity contribution in [3.05, 3.63) is 35.4 Å². The molecule has 0 spiro atoms. The van der Waals surface area contributed by atoms with Gasteiger partial charge in [-0.1, -0.05) is 26.0 Å². The van der Waals surface area contributed by atoms with Crippen LogP contribution < -0.4 is 5.32 Å². The van der Waals surface area contributed by atoms with Gasteiger partial charge in [0, 0.05) is 24.4 Å². The monoisotopic (exact) mass is 389 g/mol. The quantitative estimate of drug-likeness (QED) is 0.779. The highest BCUT2D eigenvalue weighted by Gasteiger charge is 2.34. The van der Waals surface area contributed by atoms with E-state index in [0.29, 0.717) is 29.7 Å². The predicted molar refractivity (Wildman–Crippen MR) is 111 cm³/mol. The lowest BCUT2D eigenvalue weighted by Crippen LogP contribution is -2.47. The number of hydrogen-bond donors (Lipinski definition) is 1. The van der Waals surface area contributed by atoms with E-state index in [1.54, 1.807) is 16.7 Å². The van der Waals surface area contributed by atoms with Gasteiger partial charge in [-0.3, -0.25) is 14.5 Å². The molecule has 0 bridgehead atoms. The molecule has 2 amide bonds. The molecule has 2 saturated heterocycles. The summed E-state index contributed by atoms with van der Waals surface area (Å²) in [5, 5.41) is 2.99. The Bertz CT molecular complexity index is 641. The number of thioether (sulfide) groups is 1. The first-order valence-corrected chi connectivity index (χ1v) is 11.2. The molecule has 0 aliphatic carbocycles. The van der Waals surface area contributed by atoms with Gasteiger partial charge in [-0.25, -0.2) is 0 Å². The van der Waals surface area contributed by atoms with E-state index in [4.69, 9.17) is 0 Å². The molecule has 2 heterocycles. The van der Waals surface area contributed by atoms with Gasteiger partial charge in [0.2, 0.25) is 5.91 Å². The van der Waals surface area contributed by atoms with Crippen molar-refractivity contribution in [1.29, 1.82) is 0 Å². The van der Waals surface area contributed by atoms with E-state index in [1.165, 1.54) is 31.5 Å². The predicted octanol–water partition coefficient (Wildman–Crippen LogP) is 2.96. The number of carbonyl (C=O) groups is 2. The molecule has 1 aromatic rings. The number of benzene rings is 1. The van der Waals surface area contributed by atoms with Gasteiger partial charge < -0.3 is 10.2 Å². The van der Waals surface area contributed by atoms with Gasteiger partial charge in [0.05, 0.1) is 5.88 Å². The molecule has 0 radical (unpaired) electrons. The molecule has 3 rings (SSSR count). The molecule has 2 fully saturated rings. The van der Waals surface area contributed by atoms with E-state index in [0.717, 1.165) is 13.0 Å². The van der Waals surface area contributed by atoms with E-state index in [9.17, 15) is 9.59 Å². The van der Waals surface area contributed by atoms with Crippen LogP contribution in [-0.4, -0.2) is 58.9 Å². The minimum atomic E-state index is -0.362. The van der Waals surface area contributed by atoms with Crippen LogP contribution in [0.1, 0.15) is 49.0 Å². The number of likely N-dealkylation sites (tertiary alicyclic amines) is 1. The Balaban J connectivity index is 1.57. The summed E-state index contributed by atoms with van der Waals surface area (Å²) in [6.07, 6.45) is 3.52. The lowest BCUT2D eigenvalue weighted by molar-refractivity contribution is -0.124. The summed E-state index contributed by atoms with van der Waals surface area (Å²) in [4.78, 5) is 29.6. The van der Waals surface area contributed by atoms with Gasteiger partial charge in [-0.2, -0.15) is 0 Å². The fourth-order valence-electron chi connectivity index (χ4n) is 3.58. The molecule has 0 unspecified atom stereocenters. The summed E-state index contributed by atoms with van der Waals surface area (Å²) in [5.41, 5.74) is 1.91. The van der Waals surface area contributed by atoms with Gasteiger partial charge in [0.25, 0.3) is 5.91 Å². The SMILES string of the molecule is CC(C)CCNC(=O)[C@H]1CSCN1C(=O)c1ccc(CN2CCCC2)cc1. The Morgan fingerprint density at radius 2 is 1.89 bits per heavy atom. The molecular formula is C21H31N3O2S. The van der Waals surface area contributed by atoms with Gasteiger partial charge in [-0.05, 0) is 56.0 Å². The molecule has 5 nitrogen and oxygen atoms in total. The summed E-state index contributed by atoms with van der Waals surface area (Å²) in [6, 6.07) is 7.55. The van der Waals surface area contributed by atoms with Crippen LogP contribution in [0.25, 0.3) is 0 Å². The fourth-order valence-corrected chi connectivity index (χ4v) is 4.73. The molecule has 2 aliphatic rings. The van der Waals surface area contributed by atoms with Crippen LogP contribution in [0.3, 0.4) is 0 Å². The normalized spacial score (nSPS) is 20.4. The van der Waals surface area contributed by atoms with Crippen molar-refractivity contribution >= 4 is 23.6 Å². The number of nitrogens with one attached hydrogen (secondary N) is 1. The minimum Gasteiger partial charge on any atom is -0.354 e. The van der Waals surface area contributed by atoms with Crippen molar-refractivity contribution < 1.29 is 9.59 Å². The first-order chi connectivity index (χ1) is 13.0. The highest BCUT2D eigenvalue weighted by Crippen LogP contribution is 2.24. The first kappa shape index (κ1) is 20.2. The van der Waals surface area contributed by atoms with Gasteiger partial charge >= 0.3 is 0 Å². The van der Waals surface area contributed by atoms with Crippen LogP contribution in [-0.2, 0) is 11.3 Å². The Morgan fingerprint density at radius 1 is 1.19 bits per heavy atom. The second-order valence-electron chi connectivity index (χ2n) is 7.94. The van der Waals surface area contributed by atoms with Crippen molar-refractivity contribution in [2.24, 2.45) is 5.92 Å². The molecule has 1 N–H and O–H groups in total. The highest BCUT2D eigenvalue weighted by atomic mass is 32.2. The Labute approximate surface area is 166 Å². The summed E-state index contributed by atoms with van der Waals surface area (Å²) in [7, 11) is 0. The maximum absolute atomic E-state index is 12.9. The molecule has 0 saturated carbocycles. The van der Waals surface area contributed by atoms with Crippen LogP contribution in [0.4, 0.5) is 0 Å². The Kier molecular flexibility index (Phi) is 7.19. The third-order valence-electron chi connectivity index (χ3n) is 5.27. The number of carbonyl (C=O) groups excluding carboxylic acids is 2. The van der Waals surface area contributed by atoms with Crippen LogP contribution in [0.5, 0.6) is 0 Å². The topological polar surface area (TPSA) is 52.7 Å². The lowest BCUT2D eigenvalue weighted by Gasteiger charge is -2.23.